The molecule has 2 N–H and O–H groups in total. The Labute approximate surface area is 132 Å². The van der Waals surface area contributed by atoms with Gasteiger partial charge < -0.3 is 19.9 Å². The van der Waals surface area contributed by atoms with E-state index in [1.54, 1.807) is 18.3 Å². The third kappa shape index (κ3) is 6.15. The highest BCUT2D eigenvalue weighted by atomic mass is 16.5. The van der Waals surface area contributed by atoms with E-state index < -0.39 is 18.5 Å². The van der Waals surface area contributed by atoms with Crippen molar-refractivity contribution in [2.45, 2.75) is 6.54 Å². The topological polar surface area (TPSA) is 97.8 Å². The minimum Gasteiger partial charge on any atom is -0.480 e. The number of hydrogen-bond acceptors (Lipinski definition) is 5. The quantitative estimate of drug-likeness (QED) is 0.767. The number of aromatic nitrogens is 1. The number of para-hydroxylation sites is 1. The van der Waals surface area contributed by atoms with Gasteiger partial charge in [0, 0.05) is 18.8 Å². The molecule has 1 aromatic heterocycles. The second-order valence-electron chi connectivity index (χ2n) is 4.58. The molecule has 0 saturated carbocycles. The van der Waals surface area contributed by atoms with Crippen LogP contribution in [0.2, 0.25) is 0 Å². The van der Waals surface area contributed by atoms with Crippen molar-refractivity contribution in [1.29, 1.82) is 0 Å². The number of carbonyl (C=O) groups excluding carboxylic acids is 1. The van der Waals surface area contributed by atoms with Gasteiger partial charge in [-0.25, -0.2) is 9.78 Å². The fraction of sp³-hybridized carbons (Fsp3) is 0.188. The summed E-state index contributed by atoms with van der Waals surface area (Å²) in [5, 5.41) is 11.0. The van der Waals surface area contributed by atoms with Crippen LogP contribution in [0, 0.1) is 0 Å². The molecule has 1 amide bonds. The van der Waals surface area contributed by atoms with E-state index in [4.69, 9.17) is 14.6 Å². The van der Waals surface area contributed by atoms with Crippen molar-refractivity contribution < 1.29 is 24.2 Å². The molecule has 0 saturated heterocycles. The zero-order valence-corrected chi connectivity index (χ0v) is 12.3. The zero-order valence-electron chi connectivity index (χ0n) is 12.3. The van der Waals surface area contributed by atoms with Crippen LogP contribution < -0.4 is 10.1 Å². The number of nitrogens with one attached hydrogen (secondary N) is 1. The van der Waals surface area contributed by atoms with Gasteiger partial charge in [0.25, 0.3) is 0 Å². The number of hydrogen-bond donors (Lipinski definition) is 2. The molecule has 0 aliphatic rings. The smallest absolute Gasteiger partial charge is 0.329 e. The summed E-state index contributed by atoms with van der Waals surface area (Å²) in [6.07, 6.45) is 1.58. The molecule has 7 heteroatoms. The summed E-state index contributed by atoms with van der Waals surface area (Å²) in [6, 6.07) is 12.7. The first-order valence-electron chi connectivity index (χ1n) is 6.87. The summed E-state index contributed by atoms with van der Waals surface area (Å²) in [5.41, 5.74) is 0.803. The molecular weight excluding hydrogens is 300 g/mol. The number of carboxylic acids is 1. The number of carbonyl (C=O) groups is 2. The first-order chi connectivity index (χ1) is 11.1. The van der Waals surface area contributed by atoms with E-state index in [1.807, 2.05) is 30.3 Å². The molecule has 0 unspecified atom stereocenters. The summed E-state index contributed by atoms with van der Waals surface area (Å²) in [7, 11) is 0. The molecule has 0 atom stereocenters. The number of benzene rings is 1. The van der Waals surface area contributed by atoms with Gasteiger partial charge in [-0.05, 0) is 23.8 Å². The van der Waals surface area contributed by atoms with E-state index in [9.17, 15) is 9.59 Å². The fourth-order valence-electron chi connectivity index (χ4n) is 1.71. The number of pyridine rings is 1. The Morgan fingerprint density at radius 3 is 2.65 bits per heavy atom. The zero-order chi connectivity index (χ0) is 16.5. The van der Waals surface area contributed by atoms with Crippen molar-refractivity contribution in [3.63, 3.8) is 0 Å². The SMILES string of the molecule is O=C(O)COCC(=O)NCc1ccnc(Oc2ccccc2)c1. The lowest BCUT2D eigenvalue weighted by molar-refractivity contribution is -0.143. The lowest BCUT2D eigenvalue weighted by atomic mass is 10.2. The van der Waals surface area contributed by atoms with Gasteiger partial charge in [0.1, 0.15) is 19.0 Å². The van der Waals surface area contributed by atoms with Crippen LogP contribution in [0.4, 0.5) is 0 Å². The number of nitrogens with zero attached hydrogens (tertiary/aromatic N) is 1. The van der Waals surface area contributed by atoms with Crippen LogP contribution >= 0.6 is 0 Å². The lowest BCUT2D eigenvalue weighted by Crippen LogP contribution is -2.28. The van der Waals surface area contributed by atoms with E-state index >= 15 is 0 Å². The molecule has 120 valence electrons. The maximum absolute atomic E-state index is 11.5. The fourth-order valence-corrected chi connectivity index (χ4v) is 1.71. The largest absolute Gasteiger partial charge is 0.480 e. The summed E-state index contributed by atoms with van der Waals surface area (Å²) in [5.74, 6) is -0.420. The van der Waals surface area contributed by atoms with E-state index in [0.29, 0.717) is 11.6 Å². The van der Waals surface area contributed by atoms with Gasteiger partial charge in [-0.15, -0.1) is 0 Å². The van der Waals surface area contributed by atoms with E-state index in [0.717, 1.165) is 5.56 Å². The van der Waals surface area contributed by atoms with Crippen molar-refractivity contribution >= 4 is 11.9 Å². The Kier molecular flexibility index (Phi) is 6.07. The monoisotopic (exact) mass is 316 g/mol. The van der Waals surface area contributed by atoms with Gasteiger partial charge in [-0.2, -0.15) is 0 Å². The van der Waals surface area contributed by atoms with Gasteiger partial charge in [0.05, 0.1) is 0 Å². The van der Waals surface area contributed by atoms with Crippen molar-refractivity contribution in [3.8, 4) is 11.6 Å². The number of carboxylic acid groups (broad SMARTS) is 1. The minimum atomic E-state index is -1.12. The van der Waals surface area contributed by atoms with Crippen molar-refractivity contribution in [1.82, 2.24) is 10.3 Å². The third-order valence-electron chi connectivity index (χ3n) is 2.71. The van der Waals surface area contributed by atoms with E-state index in [-0.39, 0.29) is 13.2 Å². The standard InChI is InChI=1S/C16H16N2O5/c19-14(10-22-11-16(20)21)18-9-12-6-7-17-15(8-12)23-13-4-2-1-3-5-13/h1-8H,9-11H2,(H,18,19)(H,20,21). The maximum Gasteiger partial charge on any atom is 0.329 e. The summed E-state index contributed by atoms with van der Waals surface area (Å²) in [4.78, 5) is 25.9. The van der Waals surface area contributed by atoms with Crippen LogP contribution in [0.1, 0.15) is 5.56 Å². The molecule has 2 rings (SSSR count). The molecule has 1 heterocycles. The Morgan fingerprint density at radius 2 is 1.91 bits per heavy atom. The molecule has 1 aromatic carbocycles. The summed E-state index contributed by atoms with van der Waals surface area (Å²) < 4.78 is 10.3. The average molecular weight is 316 g/mol. The van der Waals surface area contributed by atoms with Crippen molar-refractivity contribution in [2.24, 2.45) is 0 Å². The van der Waals surface area contributed by atoms with Gasteiger partial charge >= 0.3 is 5.97 Å². The molecule has 0 aliphatic heterocycles. The third-order valence-corrected chi connectivity index (χ3v) is 2.71. The first-order valence-corrected chi connectivity index (χ1v) is 6.87. The molecular formula is C16H16N2O5. The molecule has 23 heavy (non-hydrogen) atoms. The molecule has 0 spiro atoms. The predicted octanol–water partition coefficient (Wildman–Crippen LogP) is 1.59. The lowest BCUT2D eigenvalue weighted by Gasteiger charge is -2.08. The Morgan fingerprint density at radius 1 is 1.13 bits per heavy atom. The average Bonchev–Trinajstić information content (AvgIpc) is 2.54. The van der Waals surface area contributed by atoms with Gasteiger partial charge in [0.2, 0.25) is 11.8 Å². The van der Waals surface area contributed by atoms with Gasteiger partial charge in [0.15, 0.2) is 0 Å². The van der Waals surface area contributed by atoms with Gasteiger partial charge in [-0.3, -0.25) is 4.79 Å². The molecule has 0 bridgehead atoms. The highest BCUT2D eigenvalue weighted by Gasteiger charge is 2.05. The highest BCUT2D eigenvalue weighted by Crippen LogP contribution is 2.19. The second-order valence-corrected chi connectivity index (χ2v) is 4.58. The van der Waals surface area contributed by atoms with Crippen LogP contribution in [0.15, 0.2) is 48.7 Å². The van der Waals surface area contributed by atoms with Crippen molar-refractivity contribution in [3.05, 3.63) is 54.2 Å². The Hall–Kier alpha value is -2.93. The number of ether oxygens (including phenoxy) is 2. The number of aliphatic carboxylic acids is 1. The van der Waals surface area contributed by atoms with Gasteiger partial charge in [-0.1, -0.05) is 18.2 Å². The molecule has 0 aliphatic carbocycles. The first kappa shape index (κ1) is 16.4. The normalized spacial score (nSPS) is 10.1. The van der Waals surface area contributed by atoms with Crippen LogP contribution in [0.25, 0.3) is 0 Å². The summed E-state index contributed by atoms with van der Waals surface area (Å²) in [6.45, 7) is -0.536. The summed E-state index contributed by atoms with van der Waals surface area (Å²) >= 11 is 0. The Balaban J connectivity index is 1.83. The number of amides is 1. The molecule has 0 fully saturated rings. The van der Waals surface area contributed by atoms with Crippen LogP contribution in [0.3, 0.4) is 0 Å². The molecule has 0 radical (unpaired) electrons. The van der Waals surface area contributed by atoms with Crippen LogP contribution in [-0.4, -0.2) is 35.2 Å². The number of rotatable bonds is 8. The van der Waals surface area contributed by atoms with E-state index in [1.165, 1.54) is 0 Å². The highest BCUT2D eigenvalue weighted by molar-refractivity contribution is 5.77. The van der Waals surface area contributed by atoms with Crippen LogP contribution in [-0.2, 0) is 20.9 Å². The predicted molar refractivity (Wildman–Crippen MR) is 81.1 cm³/mol. The molecule has 2 aromatic rings. The van der Waals surface area contributed by atoms with Crippen LogP contribution in [0.5, 0.6) is 11.6 Å². The Bertz CT molecular complexity index is 661. The van der Waals surface area contributed by atoms with Crippen molar-refractivity contribution in [2.75, 3.05) is 13.2 Å². The molecule has 7 nitrogen and oxygen atoms in total. The van der Waals surface area contributed by atoms with E-state index in [2.05, 4.69) is 10.3 Å². The minimum absolute atomic E-state index is 0.267. The second kappa shape index (κ2) is 8.50. The maximum atomic E-state index is 11.5.